The van der Waals surface area contributed by atoms with Crippen LogP contribution in [-0.4, -0.2) is 67.5 Å². The number of alkyl halides is 3. The van der Waals surface area contributed by atoms with Crippen molar-refractivity contribution in [1.82, 2.24) is 0 Å². The molecule has 10 nitrogen and oxygen atoms in total. The van der Waals surface area contributed by atoms with Gasteiger partial charge in [-0.3, -0.25) is 8.98 Å². The SMILES string of the molecule is CC(C)(C)[Si](C)(C)OC[C@H](OS(=O)(=O)C(F)(F)F)[C@H]1OC(=O)[C@H](N=[N+]=[N-])[C@H]1O[Si](C)(C)C(C)(C)C. The monoisotopic (exact) mass is 563 g/mol. The fourth-order valence-corrected chi connectivity index (χ4v) is 5.50. The number of cyclic esters (lactones) is 1. The number of hydrogen-bond donors (Lipinski definition) is 0. The third kappa shape index (κ3) is 7.43. The minimum absolute atomic E-state index is 0.364. The van der Waals surface area contributed by atoms with Crippen molar-refractivity contribution in [1.29, 1.82) is 0 Å². The highest BCUT2D eigenvalue weighted by Crippen LogP contribution is 2.41. The van der Waals surface area contributed by atoms with Gasteiger partial charge < -0.3 is 13.6 Å². The molecule has 1 aliphatic heterocycles. The third-order valence-electron chi connectivity index (χ3n) is 6.86. The fourth-order valence-electron chi connectivity index (χ4n) is 2.59. The predicted octanol–water partition coefficient (Wildman–Crippen LogP) is 5.24. The number of carbonyl (C=O) groups is 1. The smallest absolute Gasteiger partial charge is 0.456 e. The summed E-state index contributed by atoms with van der Waals surface area (Å²) in [7, 11) is -11.4. The van der Waals surface area contributed by atoms with Crippen molar-refractivity contribution in [2.24, 2.45) is 5.11 Å². The van der Waals surface area contributed by atoms with E-state index in [1.54, 1.807) is 0 Å². The van der Waals surface area contributed by atoms with Crippen molar-refractivity contribution in [3.8, 4) is 0 Å². The van der Waals surface area contributed by atoms with Gasteiger partial charge >= 0.3 is 21.6 Å². The van der Waals surface area contributed by atoms with Gasteiger partial charge in [0.25, 0.3) is 0 Å². The molecule has 0 aromatic carbocycles. The van der Waals surface area contributed by atoms with Gasteiger partial charge in [0.05, 0.1) is 6.61 Å². The van der Waals surface area contributed by atoms with Crippen LogP contribution in [-0.2, 0) is 32.7 Å². The van der Waals surface area contributed by atoms with Crippen LogP contribution in [0.2, 0.25) is 36.3 Å². The van der Waals surface area contributed by atoms with Crippen molar-refractivity contribution in [2.75, 3.05) is 6.61 Å². The molecule has 4 atom stereocenters. The maximum absolute atomic E-state index is 13.2. The zero-order chi connectivity index (χ0) is 27.8. The van der Waals surface area contributed by atoms with Gasteiger partial charge in [0.1, 0.15) is 12.2 Å². The van der Waals surface area contributed by atoms with E-state index in [4.69, 9.17) is 19.1 Å². The maximum atomic E-state index is 13.2. The maximum Gasteiger partial charge on any atom is 0.523 e. The molecule has 0 radical (unpaired) electrons. The van der Waals surface area contributed by atoms with Crippen molar-refractivity contribution >= 4 is 32.7 Å². The first-order valence-electron chi connectivity index (χ1n) is 10.9. The number of halogens is 3. The van der Waals surface area contributed by atoms with E-state index in [1.807, 2.05) is 67.7 Å². The summed E-state index contributed by atoms with van der Waals surface area (Å²) < 4.78 is 85.4. The molecule has 0 bridgehead atoms. The summed E-state index contributed by atoms with van der Waals surface area (Å²) in [5, 5.41) is 2.65. The van der Waals surface area contributed by atoms with Crippen LogP contribution in [0.3, 0.4) is 0 Å². The van der Waals surface area contributed by atoms with Gasteiger partial charge in [-0.05, 0) is 41.8 Å². The quantitative estimate of drug-likeness (QED) is 0.0711. The van der Waals surface area contributed by atoms with E-state index in [0.29, 0.717) is 0 Å². The Hall–Kier alpha value is -1.17. The lowest BCUT2D eigenvalue weighted by Gasteiger charge is -2.41. The molecule has 16 heteroatoms. The molecule has 1 rings (SSSR count). The first-order chi connectivity index (χ1) is 15.4. The Morgan fingerprint density at radius 2 is 1.54 bits per heavy atom. The number of ether oxygens (including phenoxy) is 1. The first kappa shape index (κ1) is 31.9. The van der Waals surface area contributed by atoms with E-state index in [2.05, 4.69) is 14.2 Å². The van der Waals surface area contributed by atoms with Crippen molar-refractivity contribution in [3.05, 3.63) is 10.4 Å². The first-order valence-corrected chi connectivity index (χ1v) is 18.2. The van der Waals surface area contributed by atoms with Gasteiger partial charge in [-0.15, -0.1) is 0 Å². The van der Waals surface area contributed by atoms with E-state index in [0.717, 1.165) is 0 Å². The van der Waals surface area contributed by atoms with Crippen LogP contribution < -0.4 is 0 Å². The van der Waals surface area contributed by atoms with E-state index in [1.165, 1.54) is 0 Å². The average Bonchev–Trinajstić information content (AvgIpc) is 2.91. The van der Waals surface area contributed by atoms with Crippen LogP contribution in [0.25, 0.3) is 10.4 Å². The lowest BCUT2D eigenvalue weighted by atomic mass is 10.1. The highest BCUT2D eigenvalue weighted by Gasteiger charge is 2.57. The molecule has 1 fully saturated rings. The second-order valence-electron chi connectivity index (χ2n) is 11.5. The largest absolute Gasteiger partial charge is 0.523 e. The number of esters is 1. The Morgan fingerprint density at radius 1 is 1.06 bits per heavy atom. The highest BCUT2D eigenvalue weighted by atomic mass is 32.2. The topological polar surface area (TPSA) is 137 Å². The van der Waals surface area contributed by atoms with Crippen LogP contribution in [0.1, 0.15) is 41.5 Å². The minimum atomic E-state index is -6.08. The second kappa shape index (κ2) is 10.3. The summed E-state index contributed by atoms with van der Waals surface area (Å²) in [6.07, 6.45) is -4.90. The average molecular weight is 564 g/mol. The molecule has 1 saturated heterocycles. The molecule has 35 heavy (non-hydrogen) atoms. The molecule has 0 spiro atoms. The van der Waals surface area contributed by atoms with Crippen LogP contribution in [0.15, 0.2) is 5.11 Å². The molecule has 0 amide bonds. The summed E-state index contributed by atoms with van der Waals surface area (Å²) in [6, 6.07) is -1.54. The number of azide groups is 1. The molecule has 1 aliphatic rings. The molecule has 0 unspecified atom stereocenters. The molecule has 204 valence electrons. The van der Waals surface area contributed by atoms with E-state index in [-0.39, 0.29) is 5.04 Å². The Kier molecular flexibility index (Phi) is 9.38. The molecule has 0 aromatic rings. The molecular weight excluding hydrogens is 527 g/mol. The van der Waals surface area contributed by atoms with E-state index in [9.17, 15) is 26.4 Å². The van der Waals surface area contributed by atoms with E-state index < -0.39 is 74.2 Å². The number of hydrogen-bond acceptors (Lipinski definition) is 8. The summed E-state index contributed by atoms with van der Waals surface area (Å²) in [5.74, 6) is -1.05. The summed E-state index contributed by atoms with van der Waals surface area (Å²) >= 11 is 0. The van der Waals surface area contributed by atoms with Crippen molar-refractivity contribution < 1.29 is 44.2 Å². The standard InChI is InChI=1S/C19H36F3N3O7SSi2/c1-17(2,3)34(7,8)29-11-12(31-33(27,28)19(20,21)22)14-15(13(24-25-23)16(26)30-14)32-35(9,10)18(4,5)6/h12-15H,11H2,1-10H3/t12-,13+,14+,15+/m0/s1. The normalized spacial score (nSPS) is 23.6. The Bertz CT molecular complexity index is 941. The molecule has 0 aromatic heterocycles. The Balaban J connectivity index is 3.55. The van der Waals surface area contributed by atoms with Crippen LogP contribution in [0, 0.1) is 0 Å². The van der Waals surface area contributed by atoms with Crippen LogP contribution >= 0.6 is 0 Å². The van der Waals surface area contributed by atoms with Crippen LogP contribution in [0.4, 0.5) is 13.2 Å². The molecule has 1 heterocycles. The van der Waals surface area contributed by atoms with Gasteiger partial charge in [-0.25, -0.2) is 0 Å². The zero-order valence-corrected chi connectivity index (χ0v) is 24.6. The zero-order valence-electron chi connectivity index (χ0n) is 21.8. The summed E-state index contributed by atoms with van der Waals surface area (Å²) in [5.41, 5.74) is 3.23. The van der Waals surface area contributed by atoms with Gasteiger partial charge in [-0.2, -0.15) is 21.6 Å². The van der Waals surface area contributed by atoms with E-state index >= 15 is 0 Å². The van der Waals surface area contributed by atoms with Gasteiger partial charge in [0.2, 0.25) is 0 Å². The fraction of sp³-hybridized carbons (Fsp3) is 0.947. The van der Waals surface area contributed by atoms with Crippen LogP contribution in [0.5, 0.6) is 0 Å². The second-order valence-corrected chi connectivity index (χ2v) is 22.6. The molecule has 0 aliphatic carbocycles. The molecule has 0 N–H and O–H groups in total. The Morgan fingerprint density at radius 3 is 1.94 bits per heavy atom. The highest BCUT2D eigenvalue weighted by molar-refractivity contribution is 7.87. The summed E-state index contributed by atoms with van der Waals surface area (Å²) in [4.78, 5) is 15.2. The number of carbonyl (C=O) groups excluding carboxylic acids is 1. The minimum Gasteiger partial charge on any atom is -0.456 e. The lowest BCUT2D eigenvalue weighted by Crippen LogP contribution is -2.53. The molecular formula is C19H36F3N3O7SSi2. The van der Waals surface area contributed by atoms with Crippen molar-refractivity contribution in [2.45, 2.75) is 108 Å². The molecule has 0 saturated carbocycles. The third-order valence-corrected chi connectivity index (χ3v) is 16.9. The lowest BCUT2D eigenvalue weighted by molar-refractivity contribution is -0.147. The Labute approximate surface area is 206 Å². The van der Waals surface area contributed by atoms with Gasteiger partial charge in [-0.1, -0.05) is 46.7 Å². The van der Waals surface area contributed by atoms with Gasteiger partial charge in [0, 0.05) is 4.91 Å². The number of nitrogens with zero attached hydrogens (tertiary/aromatic N) is 3. The summed E-state index contributed by atoms with van der Waals surface area (Å²) in [6.45, 7) is 18.0. The van der Waals surface area contributed by atoms with Crippen molar-refractivity contribution in [3.63, 3.8) is 0 Å². The number of rotatable bonds is 9. The predicted molar refractivity (Wildman–Crippen MR) is 128 cm³/mol. The van der Waals surface area contributed by atoms with Gasteiger partial charge in [0.15, 0.2) is 28.8 Å².